The molecule has 238 valence electrons. The van der Waals surface area contributed by atoms with Gasteiger partial charge in [0, 0.05) is 24.6 Å². The number of carbonyl (C=O) groups excluding carboxylic acids is 1. The number of nitrogens with zero attached hydrogens (tertiary/aromatic N) is 4. The molecule has 0 aliphatic carbocycles. The summed E-state index contributed by atoms with van der Waals surface area (Å²) in [5.74, 6) is -1.39. The summed E-state index contributed by atoms with van der Waals surface area (Å²) >= 11 is 0. The number of aliphatic hydroxyl groups is 1. The highest BCUT2D eigenvalue weighted by atomic mass is 16.7. The molecule has 0 saturated carbocycles. The van der Waals surface area contributed by atoms with E-state index in [-0.39, 0.29) is 19.8 Å². The van der Waals surface area contributed by atoms with E-state index >= 15 is 0 Å². The molecular weight excluding hydrogens is 580 g/mol. The maximum atomic E-state index is 13.0. The number of aliphatic hydroxyl groups excluding tert-OH is 1. The Morgan fingerprint density at radius 2 is 1.44 bits per heavy atom. The molecule has 3 aromatic carbocycles. The van der Waals surface area contributed by atoms with Crippen LogP contribution in [0.3, 0.4) is 0 Å². The molecule has 0 unspecified atom stereocenters. The minimum absolute atomic E-state index is 0.0618. The van der Waals surface area contributed by atoms with Gasteiger partial charge >= 0.3 is 12.1 Å². The Labute approximate surface area is 261 Å². The van der Waals surface area contributed by atoms with Crippen LogP contribution in [0.15, 0.2) is 96.1 Å². The molecule has 45 heavy (non-hydrogen) atoms. The number of carboxylic acids is 1. The molecule has 0 bridgehead atoms. The lowest BCUT2D eigenvalue weighted by Gasteiger charge is -2.41. The Bertz CT molecular complexity index is 1380. The van der Waals surface area contributed by atoms with Crippen LogP contribution in [0.2, 0.25) is 0 Å². The molecule has 1 amide bonds. The summed E-state index contributed by atoms with van der Waals surface area (Å²) < 4.78 is 22.8. The van der Waals surface area contributed by atoms with Gasteiger partial charge in [0.25, 0.3) is 0 Å². The second-order valence-electron chi connectivity index (χ2n) is 10.6. The van der Waals surface area contributed by atoms with Crippen LogP contribution in [0.4, 0.5) is 4.79 Å². The highest BCUT2D eigenvalue weighted by Gasteiger charge is 2.49. The van der Waals surface area contributed by atoms with Gasteiger partial charge in [-0.3, -0.25) is 0 Å². The first kappa shape index (κ1) is 33.4. The van der Waals surface area contributed by atoms with E-state index < -0.39 is 42.7 Å². The Morgan fingerprint density at radius 1 is 0.844 bits per heavy atom. The third-order valence-corrected chi connectivity index (χ3v) is 7.29. The van der Waals surface area contributed by atoms with Gasteiger partial charge in [0.05, 0.1) is 6.61 Å². The summed E-state index contributed by atoms with van der Waals surface area (Å²) in [6, 6.07) is 27.2. The number of carbonyl (C=O) groups is 2. The smallest absolute Gasteiger partial charge is 0.410 e. The van der Waals surface area contributed by atoms with Crippen molar-refractivity contribution in [3.63, 3.8) is 0 Å². The lowest BCUT2D eigenvalue weighted by Crippen LogP contribution is -2.60. The molecule has 12 heteroatoms. The van der Waals surface area contributed by atoms with Crippen molar-refractivity contribution in [2.75, 3.05) is 13.2 Å². The molecule has 12 nitrogen and oxygen atoms in total. The van der Waals surface area contributed by atoms with Gasteiger partial charge in [-0.15, -0.1) is 0 Å². The number of amides is 1. The van der Waals surface area contributed by atoms with Gasteiger partial charge in [-0.1, -0.05) is 96.1 Å². The maximum absolute atomic E-state index is 13.0. The van der Waals surface area contributed by atoms with E-state index in [1.54, 1.807) is 4.90 Å². The predicted molar refractivity (Wildman–Crippen MR) is 164 cm³/mol. The first-order chi connectivity index (χ1) is 22.0. The van der Waals surface area contributed by atoms with Crippen LogP contribution in [0, 0.1) is 0 Å². The second-order valence-corrected chi connectivity index (χ2v) is 10.6. The third-order valence-electron chi connectivity index (χ3n) is 7.29. The molecule has 3 aromatic rings. The van der Waals surface area contributed by atoms with Gasteiger partial charge in [-0.25, -0.2) is 9.59 Å². The van der Waals surface area contributed by atoms with Crippen LogP contribution in [0.5, 0.6) is 0 Å². The fourth-order valence-corrected chi connectivity index (χ4v) is 4.95. The highest BCUT2D eigenvalue weighted by molar-refractivity contribution is 5.73. The first-order valence-electron chi connectivity index (χ1n) is 14.8. The Hall–Kier alpha value is -4.45. The molecule has 0 aromatic heterocycles. The number of rotatable bonds is 16. The quantitative estimate of drug-likeness (QED) is 0.0927. The lowest BCUT2D eigenvalue weighted by atomic mass is 9.97. The summed E-state index contributed by atoms with van der Waals surface area (Å²) in [4.78, 5) is 29.3. The van der Waals surface area contributed by atoms with Crippen molar-refractivity contribution < 1.29 is 38.7 Å². The number of azide groups is 1. The van der Waals surface area contributed by atoms with Gasteiger partial charge < -0.3 is 34.1 Å². The van der Waals surface area contributed by atoms with Gasteiger partial charge in [-0.2, -0.15) is 0 Å². The van der Waals surface area contributed by atoms with Crippen molar-refractivity contribution in [2.24, 2.45) is 5.11 Å². The van der Waals surface area contributed by atoms with Crippen molar-refractivity contribution >= 4 is 12.1 Å². The van der Waals surface area contributed by atoms with Crippen molar-refractivity contribution in [1.29, 1.82) is 0 Å². The Kier molecular flexibility index (Phi) is 13.2. The van der Waals surface area contributed by atoms with Crippen LogP contribution in [-0.4, -0.2) is 71.0 Å². The monoisotopic (exact) mass is 618 g/mol. The van der Waals surface area contributed by atoms with E-state index in [0.29, 0.717) is 32.4 Å². The minimum atomic E-state index is -1.63. The van der Waals surface area contributed by atoms with E-state index in [4.69, 9.17) is 18.9 Å². The van der Waals surface area contributed by atoms with Crippen LogP contribution < -0.4 is 0 Å². The number of aliphatic carboxylic acids is 1. The number of carboxylic acid groups (broad SMARTS) is 1. The van der Waals surface area contributed by atoms with E-state index in [9.17, 15) is 25.3 Å². The first-order valence-corrected chi connectivity index (χ1v) is 14.8. The van der Waals surface area contributed by atoms with E-state index in [0.717, 1.165) is 16.7 Å². The van der Waals surface area contributed by atoms with Gasteiger partial charge in [0.2, 0.25) is 0 Å². The van der Waals surface area contributed by atoms with E-state index in [2.05, 4.69) is 10.0 Å². The minimum Gasteiger partial charge on any atom is -0.479 e. The van der Waals surface area contributed by atoms with Gasteiger partial charge in [0.1, 0.15) is 24.9 Å². The van der Waals surface area contributed by atoms with Crippen molar-refractivity contribution in [3.05, 3.63) is 118 Å². The van der Waals surface area contributed by atoms with Crippen LogP contribution in [-0.2, 0) is 43.5 Å². The number of hydrogen-bond donors (Lipinski definition) is 2. The summed E-state index contributed by atoms with van der Waals surface area (Å²) in [6.45, 7) is 1.25. The van der Waals surface area contributed by atoms with Crippen LogP contribution >= 0.6 is 0 Å². The van der Waals surface area contributed by atoms with Gasteiger partial charge in [-0.05, 0) is 41.5 Å². The van der Waals surface area contributed by atoms with Crippen molar-refractivity contribution in [3.8, 4) is 0 Å². The molecule has 1 aliphatic rings. The maximum Gasteiger partial charge on any atom is 0.410 e. The molecule has 2 N–H and O–H groups in total. The number of ether oxygens (including phenoxy) is 4. The third kappa shape index (κ3) is 10.3. The molecule has 1 heterocycles. The van der Waals surface area contributed by atoms with Crippen molar-refractivity contribution in [2.45, 2.75) is 69.7 Å². The predicted octanol–water partition coefficient (Wildman–Crippen LogP) is 5.45. The fourth-order valence-electron chi connectivity index (χ4n) is 4.95. The average Bonchev–Trinajstić information content (AvgIpc) is 3.06. The largest absolute Gasteiger partial charge is 0.479 e. The number of benzene rings is 3. The number of hydrogen-bond acceptors (Lipinski definition) is 8. The fraction of sp³-hybridized carbons (Fsp3) is 0.394. The normalized spacial score (nSPS) is 21.0. The second kappa shape index (κ2) is 17.7. The SMILES string of the molecule is [N-]=[N+]=N[C@H]1[C@@H](OCCCCCN(Cc2ccccc2)C(=O)OCc2ccccc2)O[C@H](C(=O)O)[C@H](O)[C@@H]1OCc1ccccc1. The van der Waals surface area contributed by atoms with E-state index in [1.165, 1.54) is 0 Å². The lowest BCUT2D eigenvalue weighted by molar-refractivity contribution is -0.267. The molecule has 5 atom stereocenters. The standard InChI is InChI=1S/C33H38N4O8/c34-36-35-27-29(43-22-25-15-7-2-8-16-25)28(38)30(31(39)40)45-32(27)42-20-12-4-11-19-37(21-24-13-5-1-6-14-24)33(41)44-23-26-17-9-3-10-18-26/h1-3,5-10,13-18,27-30,32,38H,4,11-12,19-23H2,(H,39,40)/t27-,28-,29-,30+,32+/m1/s1. The Morgan fingerprint density at radius 3 is 2.04 bits per heavy atom. The molecule has 4 rings (SSSR count). The van der Waals surface area contributed by atoms with Crippen molar-refractivity contribution in [1.82, 2.24) is 4.90 Å². The van der Waals surface area contributed by atoms with Crippen LogP contribution in [0.25, 0.3) is 10.4 Å². The number of unbranched alkanes of at least 4 members (excludes halogenated alkanes) is 2. The Balaban J connectivity index is 1.30. The summed E-state index contributed by atoms with van der Waals surface area (Å²) in [5, 5.41) is 24.1. The summed E-state index contributed by atoms with van der Waals surface area (Å²) in [5.41, 5.74) is 11.9. The topological polar surface area (TPSA) is 164 Å². The zero-order chi connectivity index (χ0) is 31.9. The molecular formula is C33H38N4O8. The molecule has 0 spiro atoms. The highest BCUT2D eigenvalue weighted by Crippen LogP contribution is 2.28. The summed E-state index contributed by atoms with van der Waals surface area (Å²) in [6.07, 6.45) is -4.16. The zero-order valence-corrected chi connectivity index (χ0v) is 24.8. The summed E-state index contributed by atoms with van der Waals surface area (Å²) in [7, 11) is 0. The molecule has 1 saturated heterocycles. The van der Waals surface area contributed by atoms with Crippen LogP contribution in [0.1, 0.15) is 36.0 Å². The molecule has 0 radical (unpaired) electrons. The van der Waals surface area contributed by atoms with Gasteiger partial charge in [0.15, 0.2) is 12.4 Å². The zero-order valence-electron chi connectivity index (χ0n) is 24.8. The van der Waals surface area contributed by atoms with E-state index in [1.807, 2.05) is 91.0 Å². The molecule has 1 aliphatic heterocycles. The average molecular weight is 619 g/mol. The molecule has 1 fully saturated rings.